The number of amides is 2. The van der Waals surface area contributed by atoms with E-state index in [-0.39, 0.29) is 18.4 Å². The summed E-state index contributed by atoms with van der Waals surface area (Å²) < 4.78 is 1.01. The summed E-state index contributed by atoms with van der Waals surface area (Å²) in [7, 11) is 0. The predicted octanol–water partition coefficient (Wildman–Crippen LogP) is 2.23. The minimum atomic E-state index is -0.160. The fraction of sp³-hybridized carbons (Fsp3) is 0.333. The number of nitrogens with one attached hydrogen (secondary N) is 1. The fourth-order valence-corrected chi connectivity index (χ4v) is 2.79. The Morgan fingerprint density at radius 3 is 2.94 bits per heavy atom. The summed E-state index contributed by atoms with van der Waals surface area (Å²) in [4.78, 5) is 24.7. The lowest BCUT2D eigenvalue weighted by Crippen LogP contribution is -2.34. The molecule has 1 N–H and O–H groups in total. The first-order valence-electron chi connectivity index (χ1n) is 5.48. The van der Waals surface area contributed by atoms with Crippen molar-refractivity contribution in [3.05, 3.63) is 28.2 Å². The highest BCUT2D eigenvalue weighted by atomic mass is 79.9. The van der Waals surface area contributed by atoms with Crippen LogP contribution in [0.3, 0.4) is 0 Å². The Kier molecular flexibility index (Phi) is 4.29. The molecule has 0 radical (unpaired) electrons. The molecule has 18 heavy (non-hydrogen) atoms. The van der Waals surface area contributed by atoms with Gasteiger partial charge in [-0.3, -0.25) is 9.59 Å². The highest BCUT2D eigenvalue weighted by Gasteiger charge is 2.22. The average molecular weight is 329 g/mol. The lowest BCUT2D eigenvalue weighted by atomic mass is 10.2. The smallest absolute Gasteiger partial charge is 0.244 e. The van der Waals surface area contributed by atoms with Crippen molar-refractivity contribution in [1.82, 2.24) is 4.90 Å². The Morgan fingerprint density at radius 1 is 1.56 bits per heavy atom. The molecule has 2 rings (SSSR count). The first-order chi connectivity index (χ1) is 8.56. The van der Waals surface area contributed by atoms with Gasteiger partial charge in [0.2, 0.25) is 11.8 Å². The van der Waals surface area contributed by atoms with Crippen molar-refractivity contribution in [3.8, 4) is 0 Å². The van der Waals surface area contributed by atoms with Crippen LogP contribution in [-0.2, 0) is 9.59 Å². The second kappa shape index (κ2) is 5.75. The van der Waals surface area contributed by atoms with Crippen LogP contribution in [0, 0.1) is 6.92 Å². The quantitative estimate of drug-likeness (QED) is 0.925. The molecule has 96 valence electrons. The van der Waals surface area contributed by atoms with Crippen LogP contribution in [0.15, 0.2) is 22.7 Å². The third-order valence-electron chi connectivity index (χ3n) is 2.60. The van der Waals surface area contributed by atoms with Crippen LogP contribution >= 0.6 is 27.7 Å². The van der Waals surface area contributed by atoms with Gasteiger partial charge in [0.15, 0.2) is 0 Å². The van der Waals surface area contributed by atoms with E-state index in [0.717, 1.165) is 15.7 Å². The van der Waals surface area contributed by atoms with E-state index >= 15 is 0 Å². The Labute approximate surface area is 118 Å². The van der Waals surface area contributed by atoms with Crippen molar-refractivity contribution in [2.75, 3.05) is 23.5 Å². The van der Waals surface area contributed by atoms with Crippen LogP contribution in [0.5, 0.6) is 0 Å². The first kappa shape index (κ1) is 13.4. The highest BCUT2D eigenvalue weighted by Crippen LogP contribution is 2.20. The minimum Gasteiger partial charge on any atom is -0.325 e. The Balaban J connectivity index is 1.94. The molecule has 0 aliphatic carbocycles. The van der Waals surface area contributed by atoms with Gasteiger partial charge < -0.3 is 10.2 Å². The van der Waals surface area contributed by atoms with Gasteiger partial charge in [-0.1, -0.05) is 15.9 Å². The number of thioether (sulfide) groups is 1. The number of carbonyl (C=O) groups excluding carboxylic acids is 2. The second-order valence-electron chi connectivity index (χ2n) is 4.08. The lowest BCUT2D eigenvalue weighted by molar-refractivity contribution is -0.130. The Bertz CT molecular complexity index is 493. The zero-order valence-corrected chi connectivity index (χ0v) is 12.3. The molecule has 1 aromatic carbocycles. The second-order valence-corrected chi connectivity index (χ2v) is 5.89. The van der Waals surface area contributed by atoms with Crippen molar-refractivity contribution in [1.29, 1.82) is 0 Å². The number of anilines is 1. The summed E-state index contributed by atoms with van der Waals surface area (Å²) in [5.74, 6) is 0.950. The molecule has 0 spiro atoms. The van der Waals surface area contributed by atoms with Crippen LogP contribution in [0.4, 0.5) is 5.69 Å². The predicted molar refractivity (Wildman–Crippen MR) is 76.5 cm³/mol. The van der Waals surface area contributed by atoms with Crippen molar-refractivity contribution >= 4 is 45.2 Å². The number of rotatable bonds is 3. The monoisotopic (exact) mass is 328 g/mol. The number of aryl methyl sites for hydroxylation is 1. The van der Waals surface area contributed by atoms with E-state index in [4.69, 9.17) is 0 Å². The molecule has 1 aromatic rings. The van der Waals surface area contributed by atoms with E-state index in [2.05, 4.69) is 21.2 Å². The third kappa shape index (κ3) is 3.26. The molecule has 0 aromatic heterocycles. The van der Waals surface area contributed by atoms with Gasteiger partial charge in [-0.2, -0.15) is 0 Å². The van der Waals surface area contributed by atoms with Crippen LogP contribution in [0.2, 0.25) is 0 Å². The molecular formula is C12H13BrN2O2S. The topological polar surface area (TPSA) is 49.4 Å². The maximum absolute atomic E-state index is 11.8. The summed E-state index contributed by atoms with van der Waals surface area (Å²) in [5.41, 5.74) is 1.81. The molecule has 0 saturated carbocycles. The van der Waals surface area contributed by atoms with Gasteiger partial charge in [-0.05, 0) is 30.7 Å². The molecule has 6 heteroatoms. The Hall–Kier alpha value is -1.01. The maximum atomic E-state index is 11.8. The van der Waals surface area contributed by atoms with E-state index in [1.165, 1.54) is 11.8 Å². The number of hydrogen-bond acceptors (Lipinski definition) is 3. The molecule has 2 amide bonds. The van der Waals surface area contributed by atoms with Crippen LogP contribution in [0.25, 0.3) is 0 Å². The van der Waals surface area contributed by atoms with Gasteiger partial charge in [0, 0.05) is 10.2 Å². The largest absolute Gasteiger partial charge is 0.325 e. The number of nitrogens with zero attached hydrogens (tertiary/aromatic N) is 1. The van der Waals surface area contributed by atoms with Crippen molar-refractivity contribution < 1.29 is 9.59 Å². The molecule has 1 heterocycles. The molecular weight excluding hydrogens is 316 g/mol. The average Bonchev–Trinajstić information content (AvgIpc) is 2.70. The molecule has 0 unspecified atom stereocenters. The van der Waals surface area contributed by atoms with E-state index in [9.17, 15) is 9.59 Å². The van der Waals surface area contributed by atoms with E-state index in [1.54, 1.807) is 4.90 Å². The van der Waals surface area contributed by atoms with Gasteiger partial charge in [0.1, 0.15) is 6.54 Å². The van der Waals surface area contributed by atoms with Gasteiger partial charge in [-0.25, -0.2) is 0 Å². The first-order valence-corrected chi connectivity index (χ1v) is 7.42. The van der Waals surface area contributed by atoms with Crippen LogP contribution in [-0.4, -0.2) is 34.9 Å². The number of halogens is 1. The van der Waals surface area contributed by atoms with Gasteiger partial charge in [0.25, 0.3) is 0 Å². The molecule has 4 nitrogen and oxygen atoms in total. The van der Waals surface area contributed by atoms with Crippen LogP contribution < -0.4 is 5.32 Å². The van der Waals surface area contributed by atoms with E-state index in [0.29, 0.717) is 11.6 Å². The van der Waals surface area contributed by atoms with Gasteiger partial charge in [0.05, 0.1) is 11.6 Å². The SMILES string of the molecule is Cc1cc(NC(=O)CN2CSCC2=O)ccc1Br. The zero-order valence-electron chi connectivity index (χ0n) is 9.90. The number of benzene rings is 1. The highest BCUT2D eigenvalue weighted by molar-refractivity contribution is 9.10. The Morgan fingerprint density at radius 2 is 2.33 bits per heavy atom. The van der Waals surface area contributed by atoms with Crippen molar-refractivity contribution in [2.24, 2.45) is 0 Å². The van der Waals surface area contributed by atoms with Gasteiger partial charge in [-0.15, -0.1) is 11.8 Å². The summed E-state index contributed by atoms with van der Waals surface area (Å²) >= 11 is 4.94. The summed E-state index contributed by atoms with van der Waals surface area (Å²) in [6.07, 6.45) is 0. The molecule has 1 aliphatic rings. The fourth-order valence-electron chi connectivity index (χ4n) is 1.64. The van der Waals surface area contributed by atoms with Crippen molar-refractivity contribution in [3.63, 3.8) is 0 Å². The van der Waals surface area contributed by atoms with Crippen LogP contribution in [0.1, 0.15) is 5.56 Å². The van der Waals surface area contributed by atoms with Gasteiger partial charge >= 0.3 is 0 Å². The summed E-state index contributed by atoms with van der Waals surface area (Å²) in [6, 6.07) is 5.61. The normalized spacial score (nSPS) is 15.0. The molecule has 1 fully saturated rings. The van der Waals surface area contributed by atoms with E-state index < -0.39 is 0 Å². The van der Waals surface area contributed by atoms with E-state index in [1.807, 2.05) is 25.1 Å². The third-order valence-corrected chi connectivity index (χ3v) is 4.44. The summed E-state index contributed by atoms with van der Waals surface area (Å²) in [5, 5.41) is 2.79. The molecule has 0 bridgehead atoms. The molecule has 1 aliphatic heterocycles. The van der Waals surface area contributed by atoms with Crippen molar-refractivity contribution in [2.45, 2.75) is 6.92 Å². The summed E-state index contributed by atoms with van der Waals surface area (Å²) in [6.45, 7) is 2.08. The molecule has 0 atom stereocenters. The standard InChI is InChI=1S/C12H13BrN2O2S/c1-8-4-9(2-3-10(8)13)14-11(16)5-15-7-18-6-12(15)17/h2-4H,5-7H2,1H3,(H,14,16). The zero-order chi connectivity index (χ0) is 13.1. The number of carbonyl (C=O) groups is 2. The maximum Gasteiger partial charge on any atom is 0.244 e. The lowest BCUT2D eigenvalue weighted by Gasteiger charge is -2.14. The number of hydrogen-bond donors (Lipinski definition) is 1. The molecule has 1 saturated heterocycles. The minimum absolute atomic E-state index is 0.0298.